The Morgan fingerprint density at radius 2 is 1.72 bits per heavy atom. The normalized spacial score (nSPS) is 12.2. The number of aliphatic hydroxyl groups excluding tert-OH is 1. The van der Waals surface area contributed by atoms with Crippen LogP contribution in [0.1, 0.15) is 25.0 Å². The van der Waals surface area contributed by atoms with E-state index >= 15 is 0 Å². The number of benzene rings is 2. The molecule has 0 bridgehead atoms. The Balaban J connectivity index is 1.91. The molecule has 0 amide bonds. The molecular formula is C22H30F2N2O3. The zero-order valence-electron chi connectivity index (χ0n) is 17.3. The summed E-state index contributed by atoms with van der Waals surface area (Å²) in [5.74, 6) is -0.0596. The molecule has 2 aromatic carbocycles. The van der Waals surface area contributed by atoms with Crippen molar-refractivity contribution in [2.45, 2.75) is 33.0 Å². The van der Waals surface area contributed by atoms with E-state index in [0.717, 1.165) is 18.7 Å². The van der Waals surface area contributed by atoms with Gasteiger partial charge in [0.2, 0.25) is 0 Å². The number of likely N-dealkylation sites (N-methyl/N-ethyl adjacent to an activating group) is 1. The van der Waals surface area contributed by atoms with Gasteiger partial charge in [-0.1, -0.05) is 26.0 Å². The van der Waals surface area contributed by atoms with E-state index < -0.39 is 17.7 Å². The van der Waals surface area contributed by atoms with Crippen molar-refractivity contribution in [1.82, 2.24) is 10.2 Å². The van der Waals surface area contributed by atoms with E-state index in [4.69, 9.17) is 9.47 Å². The van der Waals surface area contributed by atoms with Crippen LogP contribution >= 0.6 is 0 Å². The first-order chi connectivity index (χ1) is 14.0. The molecule has 0 aromatic heterocycles. The van der Waals surface area contributed by atoms with Gasteiger partial charge < -0.3 is 24.8 Å². The third-order valence-corrected chi connectivity index (χ3v) is 4.72. The van der Waals surface area contributed by atoms with Gasteiger partial charge in [-0.2, -0.15) is 0 Å². The zero-order chi connectivity index (χ0) is 21.2. The number of methoxy groups -OCH3 is 1. The molecule has 0 heterocycles. The van der Waals surface area contributed by atoms with Crippen LogP contribution in [0.5, 0.6) is 11.5 Å². The lowest BCUT2D eigenvalue weighted by Crippen LogP contribution is -2.35. The number of aliphatic hydroxyl groups is 1. The summed E-state index contributed by atoms with van der Waals surface area (Å²) in [4.78, 5) is 2.12. The second-order valence-electron chi connectivity index (χ2n) is 6.74. The minimum atomic E-state index is -0.600. The Bertz CT molecular complexity index is 749. The molecule has 2 N–H and O–H groups in total. The van der Waals surface area contributed by atoms with Crippen molar-refractivity contribution in [1.29, 1.82) is 0 Å². The maximum Gasteiger partial charge on any atom is 0.161 e. The molecule has 1 atom stereocenters. The smallest absolute Gasteiger partial charge is 0.161 e. The second-order valence-corrected chi connectivity index (χ2v) is 6.74. The number of rotatable bonds is 12. The van der Waals surface area contributed by atoms with Gasteiger partial charge in [-0.05, 0) is 42.9 Å². The lowest BCUT2D eigenvalue weighted by atomic mass is 10.1. The average Bonchev–Trinajstić information content (AvgIpc) is 2.72. The molecular weight excluding hydrogens is 378 g/mol. The molecule has 0 unspecified atom stereocenters. The van der Waals surface area contributed by atoms with Gasteiger partial charge in [-0.15, -0.1) is 0 Å². The van der Waals surface area contributed by atoms with Crippen molar-refractivity contribution in [3.63, 3.8) is 0 Å². The van der Waals surface area contributed by atoms with Crippen molar-refractivity contribution >= 4 is 0 Å². The quantitative estimate of drug-likeness (QED) is 0.564. The van der Waals surface area contributed by atoms with E-state index in [1.54, 1.807) is 19.2 Å². The number of hydrogen-bond acceptors (Lipinski definition) is 5. The van der Waals surface area contributed by atoms with Gasteiger partial charge in [-0.25, -0.2) is 8.78 Å². The maximum atomic E-state index is 13.7. The summed E-state index contributed by atoms with van der Waals surface area (Å²) in [6.07, 6.45) is -0.600. The molecule has 0 aliphatic heterocycles. The number of nitrogens with one attached hydrogen (secondary N) is 1. The molecule has 0 fully saturated rings. The summed E-state index contributed by atoms with van der Waals surface area (Å²) in [7, 11) is 1.54. The Hall–Kier alpha value is -2.22. The average molecular weight is 408 g/mol. The summed E-state index contributed by atoms with van der Waals surface area (Å²) in [6, 6.07) is 9.24. The zero-order valence-corrected chi connectivity index (χ0v) is 17.3. The second kappa shape index (κ2) is 11.7. The lowest BCUT2D eigenvalue weighted by Gasteiger charge is -2.22. The first-order valence-electron chi connectivity index (χ1n) is 9.82. The van der Waals surface area contributed by atoms with Gasteiger partial charge in [0.25, 0.3) is 0 Å². The molecule has 0 saturated heterocycles. The number of hydrogen-bond donors (Lipinski definition) is 2. The van der Waals surface area contributed by atoms with E-state index in [-0.39, 0.29) is 18.7 Å². The molecule has 0 aliphatic rings. The van der Waals surface area contributed by atoms with Gasteiger partial charge in [0.05, 0.1) is 7.11 Å². The van der Waals surface area contributed by atoms with Gasteiger partial charge in [-0.3, -0.25) is 0 Å². The summed E-state index contributed by atoms with van der Waals surface area (Å²) >= 11 is 0. The highest BCUT2D eigenvalue weighted by molar-refractivity contribution is 5.43. The first-order valence-corrected chi connectivity index (χ1v) is 9.82. The largest absolute Gasteiger partial charge is 0.493 e. The van der Waals surface area contributed by atoms with Crippen LogP contribution in [0.25, 0.3) is 0 Å². The number of halogens is 2. The van der Waals surface area contributed by atoms with Gasteiger partial charge in [0.15, 0.2) is 11.5 Å². The molecule has 0 radical (unpaired) electrons. The lowest BCUT2D eigenvalue weighted by molar-refractivity contribution is 0.0705. The van der Waals surface area contributed by atoms with E-state index in [1.165, 1.54) is 18.2 Å². The SMILES string of the molecule is CCN(CC)C[C@@H](O)COc1ccc(CNCc2c(F)cccc2F)cc1OC. The minimum Gasteiger partial charge on any atom is -0.493 e. The highest BCUT2D eigenvalue weighted by atomic mass is 19.1. The fourth-order valence-corrected chi connectivity index (χ4v) is 2.99. The van der Waals surface area contributed by atoms with Crippen molar-refractivity contribution in [3.05, 3.63) is 59.2 Å². The number of nitrogens with zero attached hydrogens (tertiary/aromatic N) is 1. The highest BCUT2D eigenvalue weighted by Crippen LogP contribution is 2.28. The van der Waals surface area contributed by atoms with Crippen molar-refractivity contribution in [3.8, 4) is 11.5 Å². The summed E-state index contributed by atoms with van der Waals surface area (Å²) in [6.45, 7) is 7.04. The van der Waals surface area contributed by atoms with E-state index in [9.17, 15) is 13.9 Å². The molecule has 0 spiro atoms. The topological polar surface area (TPSA) is 54.0 Å². The van der Waals surface area contributed by atoms with Crippen LogP contribution in [0.2, 0.25) is 0 Å². The third-order valence-electron chi connectivity index (χ3n) is 4.72. The summed E-state index contributed by atoms with van der Waals surface area (Å²) in [5.41, 5.74) is 0.899. The van der Waals surface area contributed by atoms with Crippen LogP contribution in [0.3, 0.4) is 0 Å². The van der Waals surface area contributed by atoms with Crippen LogP contribution in [0, 0.1) is 11.6 Å². The van der Waals surface area contributed by atoms with Crippen LogP contribution in [0.15, 0.2) is 36.4 Å². The Labute approximate surface area is 171 Å². The first kappa shape index (κ1) is 23.1. The molecule has 7 heteroatoms. The molecule has 2 rings (SSSR count). The summed E-state index contributed by atoms with van der Waals surface area (Å²) < 4.78 is 38.5. The fraction of sp³-hybridized carbons (Fsp3) is 0.455. The summed E-state index contributed by atoms with van der Waals surface area (Å²) in [5, 5.41) is 13.2. The van der Waals surface area contributed by atoms with Crippen LogP contribution in [0.4, 0.5) is 8.78 Å². The maximum absolute atomic E-state index is 13.7. The minimum absolute atomic E-state index is 0.0154. The van der Waals surface area contributed by atoms with Crippen molar-refractivity contribution in [2.75, 3.05) is 33.4 Å². The van der Waals surface area contributed by atoms with E-state index in [2.05, 4.69) is 10.2 Å². The predicted octanol–water partition coefficient (Wildman–Crippen LogP) is 3.34. The monoisotopic (exact) mass is 408 g/mol. The molecule has 0 aliphatic carbocycles. The Kier molecular flexibility index (Phi) is 9.31. The molecule has 160 valence electrons. The molecule has 0 saturated carbocycles. The van der Waals surface area contributed by atoms with Crippen molar-refractivity contribution in [2.24, 2.45) is 0 Å². The molecule has 29 heavy (non-hydrogen) atoms. The highest BCUT2D eigenvalue weighted by Gasteiger charge is 2.13. The van der Waals surface area contributed by atoms with Gasteiger partial charge in [0, 0.05) is 25.2 Å². The molecule has 5 nitrogen and oxygen atoms in total. The Morgan fingerprint density at radius 1 is 1.03 bits per heavy atom. The van der Waals surface area contributed by atoms with Crippen molar-refractivity contribution < 1.29 is 23.4 Å². The standard InChI is InChI=1S/C22H30F2N2O3/c1-4-26(5-2)14-17(27)15-29-21-10-9-16(11-22(21)28-3)12-25-13-18-19(23)7-6-8-20(18)24/h6-11,17,25,27H,4-5,12-15H2,1-3H3/t17-/m1/s1. The van der Waals surface area contributed by atoms with Crippen LogP contribution in [-0.2, 0) is 13.1 Å². The third kappa shape index (κ3) is 6.96. The van der Waals surface area contributed by atoms with E-state index in [1.807, 2.05) is 19.9 Å². The van der Waals surface area contributed by atoms with Crippen LogP contribution < -0.4 is 14.8 Å². The van der Waals surface area contributed by atoms with Crippen LogP contribution in [-0.4, -0.2) is 49.5 Å². The molecule has 2 aromatic rings. The van der Waals surface area contributed by atoms with E-state index in [0.29, 0.717) is 24.6 Å². The Morgan fingerprint density at radius 3 is 2.34 bits per heavy atom. The predicted molar refractivity (Wildman–Crippen MR) is 109 cm³/mol. The van der Waals surface area contributed by atoms with Gasteiger partial charge in [0.1, 0.15) is 24.3 Å². The van der Waals surface area contributed by atoms with Gasteiger partial charge >= 0.3 is 0 Å². The number of ether oxygens (including phenoxy) is 2. The fourth-order valence-electron chi connectivity index (χ4n) is 2.99.